The maximum atomic E-state index is 13.3. The number of carbonyl (C=O) groups is 1. The van der Waals surface area contributed by atoms with Crippen LogP contribution in [0, 0.1) is 0 Å². The molecule has 0 saturated heterocycles. The van der Waals surface area contributed by atoms with Gasteiger partial charge in [0.05, 0.1) is 29.7 Å². The van der Waals surface area contributed by atoms with E-state index in [0.29, 0.717) is 34.0 Å². The summed E-state index contributed by atoms with van der Waals surface area (Å²) >= 11 is 5.95. The van der Waals surface area contributed by atoms with Crippen LogP contribution in [0.5, 0.6) is 5.75 Å². The van der Waals surface area contributed by atoms with Crippen LogP contribution in [0.3, 0.4) is 0 Å². The Hall–Kier alpha value is -3.84. The topological polar surface area (TPSA) is 82.3 Å². The van der Waals surface area contributed by atoms with Crippen molar-refractivity contribution in [3.8, 4) is 5.75 Å². The van der Waals surface area contributed by atoms with E-state index in [0.717, 1.165) is 10.1 Å². The maximum Gasteiger partial charge on any atom is 0.332 e. The predicted molar refractivity (Wildman–Crippen MR) is 129 cm³/mol. The minimum absolute atomic E-state index is 0.0640. The number of benzene rings is 3. The van der Waals surface area contributed by atoms with E-state index in [2.05, 4.69) is 5.32 Å². The fourth-order valence-corrected chi connectivity index (χ4v) is 3.75. The number of hydrogen-bond donors (Lipinski definition) is 1. The van der Waals surface area contributed by atoms with Gasteiger partial charge in [-0.1, -0.05) is 48.0 Å². The van der Waals surface area contributed by atoms with Crippen molar-refractivity contribution >= 4 is 34.1 Å². The van der Waals surface area contributed by atoms with Crippen molar-refractivity contribution < 1.29 is 9.53 Å². The monoisotopic (exact) mass is 463 g/mol. The van der Waals surface area contributed by atoms with Gasteiger partial charge in [-0.25, -0.2) is 4.79 Å². The van der Waals surface area contributed by atoms with Gasteiger partial charge < -0.3 is 10.1 Å². The second-order valence-electron chi connectivity index (χ2n) is 7.38. The number of fused-ring (bicyclic) bond motifs is 1. The minimum Gasteiger partial charge on any atom is -0.492 e. The quantitative estimate of drug-likeness (QED) is 0.450. The lowest BCUT2D eigenvalue weighted by atomic mass is 10.2. The molecule has 168 valence electrons. The molecular formula is C25H22ClN3O4. The zero-order valence-electron chi connectivity index (χ0n) is 18.0. The Morgan fingerprint density at radius 3 is 2.39 bits per heavy atom. The molecule has 0 radical (unpaired) electrons. The summed E-state index contributed by atoms with van der Waals surface area (Å²) < 4.78 is 8.00. The molecule has 0 aliphatic rings. The first kappa shape index (κ1) is 22.4. The maximum absolute atomic E-state index is 13.3. The average molecular weight is 464 g/mol. The SMILES string of the molecule is CCOc1ccccc1NC(=O)Cn1c(=O)n(Cc2ccc(Cl)cc2)c(=O)c2ccccc21. The van der Waals surface area contributed by atoms with Crippen LogP contribution in [0.25, 0.3) is 10.9 Å². The highest BCUT2D eigenvalue weighted by Crippen LogP contribution is 2.23. The summed E-state index contributed by atoms with van der Waals surface area (Å²) in [6.45, 7) is 2.11. The molecule has 4 rings (SSSR count). The second-order valence-corrected chi connectivity index (χ2v) is 7.82. The predicted octanol–water partition coefficient (Wildman–Crippen LogP) is 3.90. The molecule has 1 aromatic heterocycles. The summed E-state index contributed by atoms with van der Waals surface area (Å²) in [5, 5.41) is 3.72. The Balaban J connectivity index is 1.72. The van der Waals surface area contributed by atoms with Crippen molar-refractivity contribution in [2.75, 3.05) is 11.9 Å². The summed E-state index contributed by atoms with van der Waals surface area (Å²) in [7, 11) is 0. The molecule has 4 aromatic rings. The van der Waals surface area contributed by atoms with Crippen LogP contribution in [0.15, 0.2) is 82.4 Å². The number of amides is 1. The van der Waals surface area contributed by atoms with Crippen LogP contribution in [-0.2, 0) is 17.9 Å². The molecule has 33 heavy (non-hydrogen) atoms. The third-order valence-corrected chi connectivity index (χ3v) is 5.40. The lowest BCUT2D eigenvalue weighted by Gasteiger charge is -2.15. The van der Waals surface area contributed by atoms with Crippen LogP contribution >= 0.6 is 11.6 Å². The number of rotatable bonds is 7. The number of aromatic nitrogens is 2. The third-order valence-electron chi connectivity index (χ3n) is 5.15. The number of nitrogens with one attached hydrogen (secondary N) is 1. The first-order valence-electron chi connectivity index (χ1n) is 10.5. The Bertz CT molecular complexity index is 1420. The Labute approximate surface area is 194 Å². The van der Waals surface area contributed by atoms with Gasteiger partial charge in [-0.2, -0.15) is 0 Å². The van der Waals surface area contributed by atoms with Gasteiger partial charge in [0.25, 0.3) is 5.56 Å². The number of nitrogens with zero attached hydrogens (tertiary/aromatic N) is 2. The molecule has 0 aliphatic carbocycles. The highest BCUT2D eigenvalue weighted by molar-refractivity contribution is 6.30. The first-order valence-corrected chi connectivity index (χ1v) is 10.8. The fraction of sp³-hybridized carbons (Fsp3) is 0.160. The van der Waals surface area contributed by atoms with Crippen LogP contribution in [-0.4, -0.2) is 21.6 Å². The van der Waals surface area contributed by atoms with Crippen LogP contribution in [0.1, 0.15) is 12.5 Å². The van der Waals surface area contributed by atoms with Crippen molar-refractivity contribution in [1.82, 2.24) is 9.13 Å². The molecule has 0 aliphatic heterocycles. The third kappa shape index (κ3) is 4.83. The largest absolute Gasteiger partial charge is 0.492 e. The van der Waals surface area contributed by atoms with Gasteiger partial charge in [-0.3, -0.25) is 18.7 Å². The molecule has 0 fully saturated rings. The molecule has 1 heterocycles. The number of anilines is 1. The summed E-state index contributed by atoms with van der Waals surface area (Å²) in [5.41, 5.74) is 0.672. The lowest BCUT2D eigenvalue weighted by molar-refractivity contribution is -0.116. The Morgan fingerprint density at radius 2 is 1.64 bits per heavy atom. The number of halogens is 1. The molecule has 0 bridgehead atoms. The van der Waals surface area contributed by atoms with E-state index in [4.69, 9.17) is 16.3 Å². The standard InChI is InChI=1S/C25H22ClN3O4/c1-2-33-22-10-6-4-8-20(22)27-23(30)16-28-21-9-5-3-7-19(21)24(31)29(25(28)32)15-17-11-13-18(26)14-12-17/h3-14H,2,15-16H2,1H3,(H,27,30). The van der Waals surface area contributed by atoms with Gasteiger partial charge in [-0.15, -0.1) is 0 Å². The number of hydrogen-bond acceptors (Lipinski definition) is 4. The van der Waals surface area contributed by atoms with E-state index in [1.807, 2.05) is 13.0 Å². The van der Waals surface area contributed by atoms with E-state index in [1.54, 1.807) is 66.7 Å². The van der Waals surface area contributed by atoms with Gasteiger partial charge in [0.15, 0.2) is 0 Å². The molecule has 0 atom stereocenters. The number of ether oxygens (including phenoxy) is 1. The van der Waals surface area contributed by atoms with Crippen molar-refractivity contribution in [1.29, 1.82) is 0 Å². The molecule has 0 spiro atoms. The van der Waals surface area contributed by atoms with Crippen LogP contribution in [0.2, 0.25) is 5.02 Å². The van der Waals surface area contributed by atoms with E-state index in [1.165, 1.54) is 4.57 Å². The van der Waals surface area contributed by atoms with Crippen molar-refractivity contribution in [3.05, 3.63) is 104 Å². The van der Waals surface area contributed by atoms with Crippen LogP contribution < -0.4 is 21.3 Å². The van der Waals surface area contributed by atoms with E-state index >= 15 is 0 Å². The molecular weight excluding hydrogens is 442 g/mol. The Kier molecular flexibility index (Phi) is 6.60. The van der Waals surface area contributed by atoms with Crippen molar-refractivity contribution in [2.24, 2.45) is 0 Å². The number of carbonyl (C=O) groups excluding carboxylic acids is 1. The summed E-state index contributed by atoms with van der Waals surface area (Å²) in [5.74, 6) is 0.129. The molecule has 1 amide bonds. The van der Waals surface area contributed by atoms with Crippen molar-refractivity contribution in [2.45, 2.75) is 20.0 Å². The van der Waals surface area contributed by atoms with Crippen LogP contribution in [0.4, 0.5) is 5.69 Å². The smallest absolute Gasteiger partial charge is 0.332 e. The highest BCUT2D eigenvalue weighted by atomic mass is 35.5. The second kappa shape index (κ2) is 9.75. The van der Waals surface area contributed by atoms with E-state index in [-0.39, 0.29) is 13.1 Å². The zero-order chi connectivity index (χ0) is 23.4. The van der Waals surface area contributed by atoms with E-state index < -0.39 is 17.2 Å². The van der Waals surface area contributed by atoms with Gasteiger partial charge in [0, 0.05) is 5.02 Å². The van der Waals surface area contributed by atoms with Gasteiger partial charge >= 0.3 is 5.69 Å². The molecule has 3 aromatic carbocycles. The van der Waals surface area contributed by atoms with Gasteiger partial charge in [0.2, 0.25) is 5.91 Å². The summed E-state index contributed by atoms with van der Waals surface area (Å²) in [4.78, 5) is 39.3. The highest BCUT2D eigenvalue weighted by Gasteiger charge is 2.16. The van der Waals surface area contributed by atoms with Gasteiger partial charge in [0.1, 0.15) is 12.3 Å². The average Bonchev–Trinajstić information content (AvgIpc) is 2.82. The molecule has 1 N–H and O–H groups in total. The number of para-hydroxylation sites is 3. The molecule has 7 nitrogen and oxygen atoms in total. The molecule has 0 saturated carbocycles. The fourth-order valence-electron chi connectivity index (χ4n) is 3.62. The van der Waals surface area contributed by atoms with Crippen molar-refractivity contribution in [3.63, 3.8) is 0 Å². The summed E-state index contributed by atoms with van der Waals surface area (Å²) in [6.07, 6.45) is 0. The normalized spacial score (nSPS) is 10.8. The van der Waals surface area contributed by atoms with E-state index in [9.17, 15) is 14.4 Å². The lowest BCUT2D eigenvalue weighted by Crippen LogP contribution is -2.42. The summed E-state index contributed by atoms with van der Waals surface area (Å²) in [6, 6.07) is 20.7. The minimum atomic E-state index is -0.568. The zero-order valence-corrected chi connectivity index (χ0v) is 18.7. The molecule has 0 unspecified atom stereocenters. The first-order chi connectivity index (χ1) is 16.0. The van der Waals surface area contributed by atoms with Gasteiger partial charge in [-0.05, 0) is 48.9 Å². The Morgan fingerprint density at radius 1 is 0.939 bits per heavy atom. The molecule has 8 heteroatoms.